The fourth-order valence-corrected chi connectivity index (χ4v) is 7.84. The number of nitrogens with one attached hydrogen (secondary N) is 2. The van der Waals surface area contributed by atoms with Crippen molar-refractivity contribution in [2.24, 2.45) is 29.2 Å². The quantitative estimate of drug-likeness (QED) is 0.0505. The minimum absolute atomic E-state index is 0.0909. The average Bonchev–Trinajstić information content (AvgIpc) is 3.68. The van der Waals surface area contributed by atoms with Gasteiger partial charge in [0.2, 0.25) is 5.91 Å². The van der Waals surface area contributed by atoms with Crippen LogP contribution in [0.2, 0.25) is 0 Å². The molecule has 10 unspecified atom stereocenters. The van der Waals surface area contributed by atoms with Gasteiger partial charge in [-0.2, -0.15) is 5.26 Å². The van der Waals surface area contributed by atoms with Gasteiger partial charge in [-0.1, -0.05) is 69.3 Å². The van der Waals surface area contributed by atoms with Gasteiger partial charge in [-0.05, 0) is 79.3 Å². The summed E-state index contributed by atoms with van der Waals surface area (Å²) in [6.45, 7) is 15.8. The second-order valence-electron chi connectivity index (χ2n) is 15.9. The van der Waals surface area contributed by atoms with E-state index in [1.165, 1.54) is 20.8 Å². The predicted molar refractivity (Wildman–Crippen MR) is 228 cm³/mol. The van der Waals surface area contributed by atoms with E-state index in [4.69, 9.17) is 38.8 Å². The fraction of sp³-hybridized carbons (Fsp3) is 0.628. The molecule has 60 heavy (non-hydrogen) atoms. The Morgan fingerprint density at radius 2 is 1.57 bits per heavy atom. The van der Waals surface area contributed by atoms with Crippen molar-refractivity contribution in [3.63, 3.8) is 0 Å². The molecule has 4 N–H and O–H groups in total. The van der Waals surface area contributed by atoms with Crippen LogP contribution < -0.4 is 16.1 Å². The number of rotatable bonds is 25. The van der Waals surface area contributed by atoms with Gasteiger partial charge in [-0.15, -0.1) is 5.10 Å². The van der Waals surface area contributed by atoms with Crippen molar-refractivity contribution >= 4 is 37.1 Å². The van der Waals surface area contributed by atoms with Gasteiger partial charge in [0.05, 0.1) is 38.4 Å². The third-order valence-corrected chi connectivity index (χ3v) is 11.9. The van der Waals surface area contributed by atoms with E-state index in [9.17, 15) is 14.4 Å². The lowest BCUT2D eigenvalue weighted by atomic mass is 9.89. The lowest BCUT2D eigenvalue weighted by Crippen LogP contribution is -2.66. The molecule has 16 nitrogen and oxygen atoms in total. The number of nitriles is 1. The summed E-state index contributed by atoms with van der Waals surface area (Å²) in [4.78, 5) is 37.3. The van der Waals surface area contributed by atoms with E-state index in [-0.39, 0.29) is 19.1 Å². The highest BCUT2D eigenvalue weighted by Crippen LogP contribution is 2.32. The molecule has 0 saturated carbocycles. The number of carbonyl (C=O) groups is 3. The van der Waals surface area contributed by atoms with Gasteiger partial charge in [0.15, 0.2) is 18.5 Å². The van der Waals surface area contributed by atoms with E-state index >= 15 is 0 Å². The maximum Gasteiger partial charge on any atom is 0.303 e. The van der Waals surface area contributed by atoms with Crippen molar-refractivity contribution in [3.8, 4) is 17.3 Å². The second kappa shape index (κ2) is 25.0. The van der Waals surface area contributed by atoms with E-state index in [1.54, 1.807) is 10.9 Å². The predicted octanol–water partition coefficient (Wildman–Crippen LogP) is 6.03. The van der Waals surface area contributed by atoms with Crippen LogP contribution >= 0.6 is 8.53 Å². The molecule has 10 atom stereocenters. The van der Waals surface area contributed by atoms with Crippen LogP contribution in [-0.4, -0.2) is 96.4 Å². The second-order valence-corrected chi connectivity index (χ2v) is 17.0. The molecule has 1 aromatic heterocycles. The Morgan fingerprint density at radius 1 is 0.900 bits per heavy atom. The van der Waals surface area contributed by atoms with Crippen LogP contribution in [0.1, 0.15) is 80.6 Å². The van der Waals surface area contributed by atoms with Gasteiger partial charge >= 0.3 is 11.9 Å². The third kappa shape index (κ3) is 15.8. The van der Waals surface area contributed by atoms with Gasteiger partial charge in [-0.3, -0.25) is 19.9 Å². The number of fused-ring (bicyclic) bond motifs is 1. The number of esters is 2. The van der Waals surface area contributed by atoms with Gasteiger partial charge < -0.3 is 38.6 Å². The number of aromatic nitrogens is 3. The Morgan fingerprint density at radius 3 is 2.25 bits per heavy atom. The summed E-state index contributed by atoms with van der Waals surface area (Å²) in [5.41, 5.74) is 7.40. The zero-order chi connectivity index (χ0) is 43.6. The molecule has 2 aromatic carbocycles. The molecule has 0 aliphatic carbocycles. The number of amides is 1. The van der Waals surface area contributed by atoms with E-state index in [0.29, 0.717) is 49.0 Å². The molecule has 1 aliphatic heterocycles. The molecule has 0 spiro atoms. The lowest BCUT2D eigenvalue weighted by molar-refractivity contribution is -0.274. The van der Waals surface area contributed by atoms with Crippen molar-refractivity contribution in [1.29, 1.82) is 5.26 Å². The molecule has 1 aliphatic rings. The summed E-state index contributed by atoms with van der Waals surface area (Å²) in [6, 6.07) is 15.2. The molecule has 1 saturated heterocycles. The average molecular weight is 854 g/mol. The number of nitrogens with two attached hydrogens (primary N) is 1. The van der Waals surface area contributed by atoms with Crippen LogP contribution in [0, 0.1) is 35.0 Å². The molecule has 1 amide bonds. The minimum Gasteiger partial charge on any atom is -0.456 e. The molecule has 1 fully saturated rings. The highest BCUT2D eigenvalue weighted by Gasteiger charge is 2.51. The van der Waals surface area contributed by atoms with E-state index in [2.05, 4.69) is 48.6 Å². The first kappa shape index (κ1) is 48.6. The Labute approximate surface area is 355 Å². The Bertz CT molecular complexity index is 1840. The fourth-order valence-electron chi connectivity index (χ4n) is 7.12. The summed E-state index contributed by atoms with van der Waals surface area (Å²) in [6.07, 6.45) is 1.66. The zero-order valence-electron chi connectivity index (χ0n) is 36.1. The van der Waals surface area contributed by atoms with Crippen molar-refractivity contribution in [2.75, 3.05) is 32.9 Å². The molecule has 4 rings (SSSR count). The topological polar surface area (TPSA) is 211 Å². The summed E-state index contributed by atoms with van der Waals surface area (Å²) in [5.74, 6) is 0.0518. The van der Waals surface area contributed by atoms with E-state index in [0.717, 1.165) is 55.1 Å². The monoisotopic (exact) mass is 853 g/mol. The van der Waals surface area contributed by atoms with Gasteiger partial charge in [0.25, 0.3) is 8.53 Å². The highest BCUT2D eigenvalue weighted by molar-refractivity contribution is 7.44. The van der Waals surface area contributed by atoms with Crippen molar-refractivity contribution < 1.29 is 42.4 Å². The Kier molecular flexibility index (Phi) is 20.3. The van der Waals surface area contributed by atoms with Crippen LogP contribution in [0.25, 0.3) is 22.0 Å². The third-order valence-electron chi connectivity index (χ3n) is 11.0. The molecule has 3 aromatic rings. The Hall–Kier alpha value is -4.07. The number of hydrogen-bond donors (Lipinski definition) is 3. The van der Waals surface area contributed by atoms with Crippen LogP contribution in [0.3, 0.4) is 0 Å². The van der Waals surface area contributed by atoms with Gasteiger partial charge in [-0.25, -0.2) is 4.68 Å². The summed E-state index contributed by atoms with van der Waals surface area (Å²) in [7, 11) is -1.46. The van der Waals surface area contributed by atoms with Gasteiger partial charge in [0, 0.05) is 32.9 Å². The summed E-state index contributed by atoms with van der Waals surface area (Å²) >= 11 is 0. The van der Waals surface area contributed by atoms with Crippen LogP contribution in [0.15, 0.2) is 48.7 Å². The largest absolute Gasteiger partial charge is 0.456 e. The number of ether oxygens (including phenoxy) is 4. The number of benzene rings is 2. The van der Waals surface area contributed by atoms with Crippen LogP contribution in [-0.2, 0) is 48.9 Å². The number of hydrogen-bond acceptors (Lipinski definition) is 14. The molecular formula is C43H64N7O9P. The maximum absolute atomic E-state index is 12.5. The first-order valence-electron chi connectivity index (χ1n) is 20.9. The van der Waals surface area contributed by atoms with Crippen LogP contribution in [0.5, 0.6) is 0 Å². The molecule has 0 radical (unpaired) electrons. The summed E-state index contributed by atoms with van der Waals surface area (Å²) < 4.78 is 36.9. The van der Waals surface area contributed by atoms with Crippen LogP contribution in [0.4, 0.5) is 0 Å². The molecule has 330 valence electrons. The van der Waals surface area contributed by atoms with E-state index < -0.39 is 51.1 Å². The normalized spacial score (nSPS) is 21.6. The SMILES string of the molecule is CC(=O)NC1C(OCCCC(C)C(C)CCNCCC(C)C(C)COP(N)OCCC#N)OC(Cn2cc(-c3ccc4ccccc4c3)nn2)C(OC(C)=O)C1OC(C)=O. The molecular weight excluding hydrogens is 789 g/mol. The molecule has 2 heterocycles. The maximum atomic E-state index is 12.5. The van der Waals surface area contributed by atoms with Gasteiger partial charge in [0.1, 0.15) is 17.8 Å². The lowest BCUT2D eigenvalue weighted by Gasteiger charge is -2.45. The standard InChI is InChI=1S/C43H64N7O9P/c1-28(29(2)17-20-46-21-18-30(3)31(4)27-56-60(45)55-23-11-19-44)12-10-22-54-43-40(47-32(5)51)42(58-34(7)53)41(57-33(6)52)39(59-43)26-50-25-38(48-49-50)37-16-15-35-13-8-9-14-36(35)24-37/h8-9,13-16,24-25,28-31,39-43,46H,10-12,17-18,20-23,26-27,45H2,1-7H3,(H,47,51). The van der Waals surface area contributed by atoms with Crippen molar-refractivity contribution in [2.45, 2.75) is 118 Å². The smallest absolute Gasteiger partial charge is 0.303 e. The van der Waals surface area contributed by atoms with E-state index in [1.807, 2.05) is 48.5 Å². The summed E-state index contributed by atoms with van der Waals surface area (Å²) in [5, 5.41) is 26.0. The van der Waals surface area contributed by atoms with Crippen molar-refractivity contribution in [1.82, 2.24) is 25.6 Å². The molecule has 17 heteroatoms. The Balaban J connectivity index is 1.30. The first-order chi connectivity index (χ1) is 28.7. The first-order valence-corrected chi connectivity index (χ1v) is 22.2. The van der Waals surface area contributed by atoms with Crippen molar-refractivity contribution in [3.05, 3.63) is 48.7 Å². The zero-order valence-corrected chi connectivity index (χ0v) is 37.0. The number of carbonyl (C=O) groups excluding carboxylic acids is 3. The highest BCUT2D eigenvalue weighted by atomic mass is 31.2. The minimum atomic E-state index is -1.46. The molecule has 0 bridgehead atoms. The number of nitrogens with zero attached hydrogens (tertiary/aromatic N) is 4.